The number of hydrogen-bond acceptors (Lipinski definition) is 3. The lowest BCUT2D eigenvalue weighted by Crippen LogP contribution is -1.97. The Morgan fingerprint density at radius 3 is 2.75 bits per heavy atom. The van der Waals surface area contributed by atoms with Crippen LogP contribution in [-0.2, 0) is 0 Å². The first kappa shape index (κ1) is 12.5. The monoisotopic (exact) mass is 281 g/mol. The van der Waals surface area contributed by atoms with Crippen molar-refractivity contribution in [1.82, 2.24) is 9.55 Å². The molecule has 0 fully saturated rings. The van der Waals surface area contributed by atoms with E-state index in [1.165, 1.54) is 0 Å². The molecule has 4 nitrogen and oxygen atoms in total. The Morgan fingerprint density at radius 1 is 1.20 bits per heavy atom. The molecule has 0 saturated carbocycles. The van der Waals surface area contributed by atoms with E-state index < -0.39 is 0 Å². The Bertz CT molecular complexity index is 886. The summed E-state index contributed by atoms with van der Waals surface area (Å²) in [5.74, 6) is 0.724. The van der Waals surface area contributed by atoms with Gasteiger partial charge in [-0.3, -0.25) is 4.57 Å². The molecule has 1 heterocycles. The van der Waals surface area contributed by atoms with Crippen LogP contribution in [0.4, 0.5) is 0 Å². The second kappa shape index (κ2) is 4.83. The number of methoxy groups -OCH3 is 1. The number of para-hydroxylation sites is 2. The molecule has 0 unspecified atom stereocenters. The summed E-state index contributed by atoms with van der Waals surface area (Å²) in [5, 5.41) is 9.25. The number of aromatic amines is 1. The van der Waals surface area contributed by atoms with Gasteiger partial charge in [-0.2, -0.15) is 5.26 Å². The molecular formula is C15H11N3OS. The zero-order chi connectivity index (χ0) is 14.1. The van der Waals surface area contributed by atoms with Crippen LogP contribution in [0.1, 0.15) is 5.56 Å². The minimum atomic E-state index is 0.534. The van der Waals surface area contributed by atoms with E-state index in [4.69, 9.17) is 17.0 Å². The third kappa shape index (κ3) is 1.78. The van der Waals surface area contributed by atoms with Crippen LogP contribution in [-0.4, -0.2) is 16.7 Å². The number of hydrogen-bond donors (Lipinski definition) is 1. The van der Waals surface area contributed by atoms with E-state index in [0.29, 0.717) is 10.3 Å². The maximum atomic E-state index is 9.25. The first-order chi connectivity index (χ1) is 9.76. The van der Waals surface area contributed by atoms with Crippen LogP contribution < -0.4 is 4.74 Å². The third-order valence-electron chi connectivity index (χ3n) is 3.17. The van der Waals surface area contributed by atoms with Crippen molar-refractivity contribution in [3.63, 3.8) is 0 Å². The number of rotatable bonds is 2. The number of H-pyrrole nitrogens is 1. The lowest BCUT2D eigenvalue weighted by molar-refractivity contribution is 0.419. The molecule has 0 spiro atoms. The van der Waals surface area contributed by atoms with E-state index >= 15 is 0 Å². The Morgan fingerprint density at radius 2 is 2.00 bits per heavy atom. The quantitative estimate of drug-likeness (QED) is 0.731. The van der Waals surface area contributed by atoms with Crippen molar-refractivity contribution in [2.75, 3.05) is 7.11 Å². The van der Waals surface area contributed by atoms with Crippen molar-refractivity contribution in [2.45, 2.75) is 0 Å². The van der Waals surface area contributed by atoms with Gasteiger partial charge in [0.1, 0.15) is 17.3 Å². The predicted molar refractivity (Wildman–Crippen MR) is 79.7 cm³/mol. The van der Waals surface area contributed by atoms with Crippen molar-refractivity contribution in [1.29, 1.82) is 5.26 Å². The van der Waals surface area contributed by atoms with Crippen LogP contribution in [0.2, 0.25) is 0 Å². The molecule has 0 aliphatic rings. The van der Waals surface area contributed by atoms with Gasteiger partial charge in [0.15, 0.2) is 4.77 Å². The van der Waals surface area contributed by atoms with Crippen LogP contribution in [0.15, 0.2) is 42.5 Å². The first-order valence-corrected chi connectivity index (χ1v) is 6.44. The molecule has 0 bridgehead atoms. The van der Waals surface area contributed by atoms with Gasteiger partial charge < -0.3 is 9.72 Å². The Hall–Kier alpha value is -2.58. The molecule has 0 aliphatic carbocycles. The number of aromatic nitrogens is 2. The average Bonchev–Trinajstić information content (AvgIpc) is 2.82. The maximum Gasteiger partial charge on any atom is 0.182 e. The second-order valence-electron chi connectivity index (χ2n) is 4.25. The zero-order valence-electron chi connectivity index (χ0n) is 10.8. The molecule has 0 aliphatic heterocycles. The van der Waals surface area contributed by atoms with Crippen molar-refractivity contribution < 1.29 is 4.74 Å². The van der Waals surface area contributed by atoms with Crippen LogP contribution in [0.3, 0.4) is 0 Å². The molecule has 0 atom stereocenters. The predicted octanol–water partition coefficient (Wildman–Crippen LogP) is 3.57. The Balaban J connectivity index is 2.41. The third-order valence-corrected chi connectivity index (χ3v) is 3.45. The minimum Gasteiger partial charge on any atom is -0.494 e. The highest BCUT2D eigenvalue weighted by molar-refractivity contribution is 7.71. The van der Waals surface area contributed by atoms with Gasteiger partial charge in [0.05, 0.1) is 23.9 Å². The van der Waals surface area contributed by atoms with Gasteiger partial charge >= 0.3 is 0 Å². The highest BCUT2D eigenvalue weighted by Gasteiger charge is 2.12. The van der Waals surface area contributed by atoms with Crippen LogP contribution in [0, 0.1) is 16.1 Å². The van der Waals surface area contributed by atoms with E-state index in [1.54, 1.807) is 13.2 Å². The summed E-state index contributed by atoms with van der Waals surface area (Å²) in [4.78, 5) is 3.14. The number of imidazole rings is 1. The summed E-state index contributed by atoms with van der Waals surface area (Å²) in [6, 6.07) is 15.3. The zero-order valence-corrected chi connectivity index (χ0v) is 11.6. The standard InChI is InChI=1S/C15H11N3OS/c1-19-13-8-4-7-12-14(13)17-15(20)18(12)11-6-3-2-5-10(11)9-16/h2-8H,1H3,(H,17,20). The molecule has 98 valence electrons. The van der Waals surface area contributed by atoms with E-state index in [1.807, 2.05) is 41.0 Å². The fraction of sp³-hybridized carbons (Fsp3) is 0.0667. The largest absolute Gasteiger partial charge is 0.494 e. The Labute approximate surface area is 120 Å². The fourth-order valence-corrected chi connectivity index (χ4v) is 2.57. The molecule has 5 heteroatoms. The molecule has 1 aromatic heterocycles. The van der Waals surface area contributed by atoms with Gasteiger partial charge in [-0.25, -0.2) is 0 Å². The number of ether oxygens (including phenoxy) is 1. The minimum absolute atomic E-state index is 0.534. The van der Waals surface area contributed by atoms with Gasteiger partial charge in [-0.15, -0.1) is 0 Å². The summed E-state index contributed by atoms with van der Waals surface area (Å²) < 4.78 is 7.72. The van der Waals surface area contributed by atoms with E-state index in [2.05, 4.69) is 11.1 Å². The average molecular weight is 281 g/mol. The van der Waals surface area contributed by atoms with E-state index in [-0.39, 0.29) is 0 Å². The number of nitrogens with one attached hydrogen (secondary N) is 1. The fourth-order valence-electron chi connectivity index (χ4n) is 2.28. The SMILES string of the molecule is COc1cccc2c1[nH]c(=S)n2-c1ccccc1C#N. The van der Waals surface area contributed by atoms with Crippen molar-refractivity contribution in [3.05, 3.63) is 52.8 Å². The van der Waals surface area contributed by atoms with Crippen molar-refractivity contribution in [2.24, 2.45) is 0 Å². The van der Waals surface area contributed by atoms with Crippen LogP contribution in [0.25, 0.3) is 16.7 Å². The van der Waals surface area contributed by atoms with E-state index in [0.717, 1.165) is 22.5 Å². The molecule has 0 saturated heterocycles. The van der Waals surface area contributed by atoms with E-state index in [9.17, 15) is 5.26 Å². The molecule has 3 rings (SSSR count). The summed E-state index contributed by atoms with van der Waals surface area (Å²) in [6.07, 6.45) is 0. The molecule has 0 amide bonds. The van der Waals surface area contributed by atoms with Crippen molar-refractivity contribution >= 4 is 23.3 Å². The van der Waals surface area contributed by atoms with Gasteiger partial charge in [0, 0.05) is 0 Å². The highest BCUT2D eigenvalue weighted by atomic mass is 32.1. The number of nitrogens with zero attached hydrogens (tertiary/aromatic N) is 2. The first-order valence-electron chi connectivity index (χ1n) is 6.03. The molecule has 3 aromatic rings. The molecular weight excluding hydrogens is 270 g/mol. The number of benzene rings is 2. The molecule has 1 N–H and O–H groups in total. The summed E-state index contributed by atoms with van der Waals surface area (Å²) in [5.41, 5.74) is 3.05. The topological polar surface area (TPSA) is 53.7 Å². The maximum absolute atomic E-state index is 9.25. The Kier molecular flexibility index (Phi) is 3.01. The summed E-state index contributed by atoms with van der Waals surface area (Å²) in [6.45, 7) is 0. The van der Waals surface area contributed by atoms with Gasteiger partial charge in [0.2, 0.25) is 0 Å². The smallest absolute Gasteiger partial charge is 0.182 e. The molecule has 2 aromatic carbocycles. The highest BCUT2D eigenvalue weighted by Crippen LogP contribution is 2.27. The van der Waals surface area contributed by atoms with Crippen LogP contribution in [0.5, 0.6) is 5.75 Å². The van der Waals surface area contributed by atoms with Gasteiger partial charge in [-0.1, -0.05) is 18.2 Å². The van der Waals surface area contributed by atoms with Crippen molar-refractivity contribution in [3.8, 4) is 17.5 Å². The summed E-state index contributed by atoms with van der Waals surface area (Å²) >= 11 is 5.39. The lowest BCUT2D eigenvalue weighted by atomic mass is 10.2. The molecule has 0 radical (unpaired) electrons. The van der Waals surface area contributed by atoms with Crippen LogP contribution >= 0.6 is 12.2 Å². The number of nitriles is 1. The lowest BCUT2D eigenvalue weighted by Gasteiger charge is -2.07. The normalized spacial score (nSPS) is 10.4. The summed E-state index contributed by atoms with van der Waals surface area (Å²) in [7, 11) is 1.62. The second-order valence-corrected chi connectivity index (χ2v) is 4.64. The van der Waals surface area contributed by atoms with Gasteiger partial charge in [-0.05, 0) is 36.5 Å². The van der Waals surface area contributed by atoms with Gasteiger partial charge in [0.25, 0.3) is 0 Å². The number of fused-ring (bicyclic) bond motifs is 1. The molecule has 20 heavy (non-hydrogen) atoms.